The number of aryl methyl sites for hydroxylation is 1. The van der Waals surface area contributed by atoms with Crippen molar-refractivity contribution >= 4 is 5.91 Å². The molecular weight excluding hydrogens is 355 g/mol. The van der Waals surface area contributed by atoms with E-state index < -0.39 is 5.82 Å². The lowest BCUT2D eigenvalue weighted by atomic mass is 10.0. The van der Waals surface area contributed by atoms with Gasteiger partial charge >= 0.3 is 0 Å². The molecule has 1 saturated heterocycles. The number of hydrogen-bond acceptors (Lipinski definition) is 3. The zero-order valence-electron chi connectivity index (χ0n) is 16.7. The van der Waals surface area contributed by atoms with E-state index in [1.165, 1.54) is 24.8 Å². The molecule has 0 unspecified atom stereocenters. The summed E-state index contributed by atoms with van der Waals surface area (Å²) in [5.41, 5.74) is 1.73. The Labute approximate surface area is 166 Å². The van der Waals surface area contributed by atoms with Crippen LogP contribution in [0.1, 0.15) is 35.2 Å². The number of halogens is 1. The normalized spacial score (nSPS) is 17.3. The maximum absolute atomic E-state index is 14.0. The second-order valence-electron chi connectivity index (χ2n) is 7.45. The number of benzene rings is 2. The number of carbonyl (C=O) groups excluding carboxylic acids is 1. The third-order valence-corrected chi connectivity index (χ3v) is 5.53. The Hall–Kier alpha value is -2.40. The Morgan fingerprint density at radius 2 is 2.04 bits per heavy atom. The first-order valence-corrected chi connectivity index (χ1v) is 9.95. The highest BCUT2D eigenvalue weighted by molar-refractivity contribution is 5.94. The summed E-state index contributed by atoms with van der Waals surface area (Å²) >= 11 is 0. The average molecular weight is 384 g/mol. The first-order valence-electron chi connectivity index (χ1n) is 9.95. The number of amides is 1. The maximum Gasteiger partial charge on any atom is 0.253 e. The molecule has 150 valence electrons. The zero-order chi connectivity index (χ0) is 19.9. The first-order chi connectivity index (χ1) is 13.6. The molecule has 0 saturated carbocycles. The van der Waals surface area contributed by atoms with Crippen molar-refractivity contribution < 1.29 is 13.9 Å². The number of likely N-dealkylation sites (tertiary alicyclic amines) is 1. The van der Waals surface area contributed by atoms with Crippen molar-refractivity contribution in [2.45, 2.75) is 31.7 Å². The third-order valence-electron chi connectivity index (χ3n) is 5.53. The van der Waals surface area contributed by atoms with Crippen LogP contribution >= 0.6 is 0 Å². The van der Waals surface area contributed by atoms with E-state index >= 15 is 0 Å². The summed E-state index contributed by atoms with van der Waals surface area (Å²) < 4.78 is 18.9. The van der Waals surface area contributed by atoms with Crippen molar-refractivity contribution in [3.8, 4) is 5.75 Å². The molecule has 0 bridgehead atoms. The van der Waals surface area contributed by atoms with E-state index in [1.807, 2.05) is 13.1 Å². The third kappa shape index (κ3) is 5.10. The largest absolute Gasteiger partial charge is 0.494 e. The number of nitrogens with zero attached hydrogens (tertiary/aromatic N) is 2. The fourth-order valence-electron chi connectivity index (χ4n) is 3.87. The van der Waals surface area contributed by atoms with Gasteiger partial charge in [-0.3, -0.25) is 4.79 Å². The number of ether oxygens (including phenoxy) is 1. The number of likely N-dealkylation sites (N-methyl/N-ethyl adjacent to an activating group) is 1. The van der Waals surface area contributed by atoms with Gasteiger partial charge in [0, 0.05) is 25.2 Å². The fourth-order valence-corrected chi connectivity index (χ4v) is 3.87. The SMILES string of the molecule is COc1ccc(C(=O)N(C)[C@@H]2CCCN(CCCc3ccccc3)C2)cc1F. The summed E-state index contributed by atoms with van der Waals surface area (Å²) in [5, 5.41) is 0. The van der Waals surface area contributed by atoms with Crippen LogP contribution in [0.15, 0.2) is 48.5 Å². The summed E-state index contributed by atoms with van der Waals surface area (Å²) in [4.78, 5) is 17.0. The van der Waals surface area contributed by atoms with Crippen molar-refractivity contribution in [3.63, 3.8) is 0 Å². The first kappa shape index (κ1) is 20.3. The molecule has 2 aromatic rings. The average Bonchev–Trinajstić information content (AvgIpc) is 2.73. The summed E-state index contributed by atoms with van der Waals surface area (Å²) in [5.74, 6) is -0.493. The van der Waals surface area contributed by atoms with E-state index in [2.05, 4.69) is 29.2 Å². The molecule has 5 heteroatoms. The number of rotatable bonds is 7. The molecule has 3 rings (SSSR count). The van der Waals surface area contributed by atoms with E-state index in [4.69, 9.17) is 4.74 Å². The van der Waals surface area contributed by atoms with Crippen molar-refractivity contribution in [1.82, 2.24) is 9.80 Å². The molecule has 1 aliphatic heterocycles. The molecule has 1 amide bonds. The smallest absolute Gasteiger partial charge is 0.253 e. The van der Waals surface area contributed by atoms with Gasteiger partial charge in [-0.25, -0.2) is 4.39 Å². The van der Waals surface area contributed by atoms with Crippen LogP contribution in [0, 0.1) is 5.82 Å². The topological polar surface area (TPSA) is 32.8 Å². The fraction of sp³-hybridized carbons (Fsp3) is 0.435. The molecule has 0 N–H and O–H groups in total. The number of methoxy groups -OCH3 is 1. The van der Waals surface area contributed by atoms with E-state index in [0.717, 1.165) is 45.3 Å². The van der Waals surface area contributed by atoms with Gasteiger partial charge in [-0.1, -0.05) is 30.3 Å². The molecule has 0 radical (unpaired) electrons. The van der Waals surface area contributed by atoms with Crippen molar-refractivity contribution in [2.24, 2.45) is 0 Å². The van der Waals surface area contributed by atoms with Crippen LogP contribution in [0.4, 0.5) is 4.39 Å². The van der Waals surface area contributed by atoms with Gasteiger partial charge < -0.3 is 14.5 Å². The minimum Gasteiger partial charge on any atom is -0.494 e. The molecule has 0 aromatic heterocycles. The van der Waals surface area contributed by atoms with Crippen LogP contribution in [0.25, 0.3) is 0 Å². The summed E-state index contributed by atoms with van der Waals surface area (Å²) in [6, 6.07) is 15.1. The highest BCUT2D eigenvalue weighted by Crippen LogP contribution is 2.21. The predicted molar refractivity (Wildman–Crippen MR) is 109 cm³/mol. The molecule has 1 aliphatic rings. The minimum atomic E-state index is -0.507. The molecule has 4 nitrogen and oxygen atoms in total. The lowest BCUT2D eigenvalue weighted by Gasteiger charge is -2.37. The Kier molecular flexibility index (Phi) is 7.04. The van der Waals surface area contributed by atoms with E-state index in [1.54, 1.807) is 11.0 Å². The van der Waals surface area contributed by atoms with Crippen LogP contribution in [0.2, 0.25) is 0 Å². The van der Waals surface area contributed by atoms with Gasteiger partial charge in [0.05, 0.1) is 7.11 Å². The van der Waals surface area contributed by atoms with Crippen LogP contribution < -0.4 is 4.74 Å². The van der Waals surface area contributed by atoms with Crippen molar-refractivity contribution in [3.05, 3.63) is 65.5 Å². The number of carbonyl (C=O) groups is 1. The molecular formula is C23H29FN2O2. The van der Waals surface area contributed by atoms with Gasteiger partial charge in [0.1, 0.15) is 0 Å². The highest BCUT2D eigenvalue weighted by atomic mass is 19.1. The summed E-state index contributed by atoms with van der Waals surface area (Å²) in [6.07, 6.45) is 4.24. The second kappa shape index (κ2) is 9.69. The van der Waals surface area contributed by atoms with Gasteiger partial charge in [-0.05, 0) is 62.5 Å². The molecule has 1 fully saturated rings. The van der Waals surface area contributed by atoms with Gasteiger partial charge in [-0.15, -0.1) is 0 Å². The Bertz CT molecular complexity index is 781. The lowest BCUT2D eigenvalue weighted by molar-refractivity contribution is 0.0616. The van der Waals surface area contributed by atoms with E-state index in [9.17, 15) is 9.18 Å². The molecule has 0 aliphatic carbocycles. The Balaban J connectivity index is 1.54. The van der Waals surface area contributed by atoms with Crippen LogP contribution in [0.5, 0.6) is 5.75 Å². The standard InChI is InChI=1S/C23H29FN2O2/c1-25(23(27)19-12-13-22(28-2)21(24)16-19)20-11-7-15-26(17-20)14-6-10-18-8-4-3-5-9-18/h3-5,8-9,12-13,16,20H,6-7,10-11,14-15,17H2,1-2H3/t20-/m1/s1. The van der Waals surface area contributed by atoms with Gasteiger partial charge in [0.15, 0.2) is 11.6 Å². The molecule has 1 atom stereocenters. The van der Waals surface area contributed by atoms with Crippen molar-refractivity contribution in [2.75, 3.05) is 33.8 Å². The van der Waals surface area contributed by atoms with Crippen LogP contribution in [0.3, 0.4) is 0 Å². The minimum absolute atomic E-state index is 0.141. The molecule has 2 aromatic carbocycles. The Morgan fingerprint density at radius 3 is 2.75 bits per heavy atom. The lowest BCUT2D eigenvalue weighted by Crippen LogP contribution is -2.48. The van der Waals surface area contributed by atoms with Crippen molar-refractivity contribution in [1.29, 1.82) is 0 Å². The summed E-state index contributed by atoms with van der Waals surface area (Å²) in [7, 11) is 3.24. The number of piperidine rings is 1. The zero-order valence-corrected chi connectivity index (χ0v) is 16.7. The van der Waals surface area contributed by atoms with Gasteiger partial charge in [0.25, 0.3) is 5.91 Å². The number of hydrogen-bond donors (Lipinski definition) is 0. The molecule has 28 heavy (non-hydrogen) atoms. The highest BCUT2D eigenvalue weighted by Gasteiger charge is 2.27. The summed E-state index contributed by atoms with van der Waals surface area (Å²) in [6.45, 7) is 2.98. The molecule has 0 spiro atoms. The van der Waals surface area contributed by atoms with Gasteiger partial charge in [-0.2, -0.15) is 0 Å². The van der Waals surface area contributed by atoms with Crippen LogP contribution in [-0.2, 0) is 6.42 Å². The van der Waals surface area contributed by atoms with Crippen LogP contribution in [-0.4, -0.2) is 55.5 Å². The predicted octanol–water partition coefficient (Wildman–Crippen LogP) is 4.00. The molecule has 1 heterocycles. The quantitative estimate of drug-likeness (QED) is 0.723. The monoisotopic (exact) mass is 384 g/mol. The van der Waals surface area contributed by atoms with E-state index in [0.29, 0.717) is 5.56 Å². The van der Waals surface area contributed by atoms with Gasteiger partial charge in [0.2, 0.25) is 0 Å². The maximum atomic E-state index is 14.0. The van der Waals surface area contributed by atoms with E-state index in [-0.39, 0.29) is 17.7 Å². The second-order valence-corrected chi connectivity index (χ2v) is 7.45. The Morgan fingerprint density at radius 1 is 1.25 bits per heavy atom.